The first kappa shape index (κ1) is 20.7. The molecule has 1 amide bonds. The Bertz CT molecular complexity index is 977. The second-order valence-corrected chi connectivity index (χ2v) is 9.14. The van der Waals surface area contributed by atoms with Crippen molar-refractivity contribution in [2.24, 2.45) is 0 Å². The van der Waals surface area contributed by atoms with Crippen LogP contribution in [0, 0.1) is 5.82 Å². The molecule has 11 heteroatoms. The van der Waals surface area contributed by atoms with Crippen molar-refractivity contribution in [1.82, 2.24) is 10.3 Å². The molecule has 5 nitrogen and oxygen atoms in total. The number of carbonyl (C=O) groups is 1. The van der Waals surface area contributed by atoms with Crippen LogP contribution in [0.1, 0.15) is 44.9 Å². The molecule has 1 aliphatic carbocycles. The number of amides is 1. The fraction of sp³-hybridized carbons (Fsp3) is 0.353. The van der Waals surface area contributed by atoms with E-state index in [4.69, 9.17) is 0 Å². The van der Waals surface area contributed by atoms with Gasteiger partial charge in [0, 0.05) is 4.88 Å². The summed E-state index contributed by atoms with van der Waals surface area (Å²) in [5.74, 6) is -2.30. The predicted octanol–water partition coefficient (Wildman–Crippen LogP) is 3.80. The van der Waals surface area contributed by atoms with Gasteiger partial charge < -0.3 is 0 Å². The molecule has 2 N–H and O–H groups in total. The summed E-state index contributed by atoms with van der Waals surface area (Å²) >= 11 is 1.27. The first-order valence-electron chi connectivity index (χ1n) is 8.38. The number of aryl methyl sites for hydroxylation is 2. The summed E-state index contributed by atoms with van der Waals surface area (Å²) in [5, 5.41) is 0. The molecule has 2 aromatic rings. The lowest BCUT2D eigenvalue weighted by atomic mass is 10.1. The van der Waals surface area contributed by atoms with Crippen LogP contribution in [0.5, 0.6) is 0 Å². The number of benzene rings is 1. The summed E-state index contributed by atoms with van der Waals surface area (Å²) < 4.78 is 76.0. The second-order valence-electron chi connectivity index (χ2n) is 6.32. The van der Waals surface area contributed by atoms with Crippen LogP contribution in [-0.4, -0.2) is 14.3 Å². The lowest BCUT2D eigenvalue weighted by Gasteiger charge is -2.11. The molecule has 0 fully saturated rings. The maximum absolute atomic E-state index is 13.3. The zero-order valence-electron chi connectivity index (χ0n) is 14.4. The number of hydrogen-bond donors (Lipinski definition) is 2. The summed E-state index contributed by atoms with van der Waals surface area (Å²) in [5.41, 5.74) is 1.35. The van der Waals surface area contributed by atoms with Gasteiger partial charge >= 0.3 is 6.18 Å². The predicted molar refractivity (Wildman–Crippen MR) is 94.8 cm³/mol. The van der Waals surface area contributed by atoms with Crippen molar-refractivity contribution >= 4 is 27.3 Å². The van der Waals surface area contributed by atoms with E-state index < -0.39 is 38.4 Å². The molecule has 0 bridgehead atoms. The summed E-state index contributed by atoms with van der Waals surface area (Å²) in [7, 11) is -4.51. The maximum atomic E-state index is 13.3. The highest BCUT2D eigenvalue weighted by Gasteiger charge is 2.35. The lowest BCUT2D eigenvalue weighted by molar-refractivity contribution is -0.140. The molecule has 152 valence electrons. The fourth-order valence-corrected chi connectivity index (χ4v) is 4.92. The minimum absolute atomic E-state index is 0.178. The van der Waals surface area contributed by atoms with Gasteiger partial charge in [0.25, 0.3) is 15.9 Å². The van der Waals surface area contributed by atoms with Gasteiger partial charge in [0.2, 0.25) is 0 Å². The summed E-state index contributed by atoms with van der Waals surface area (Å²) in [6.07, 6.45) is -0.194. The highest BCUT2D eigenvalue weighted by atomic mass is 32.2. The van der Waals surface area contributed by atoms with Crippen LogP contribution in [-0.2, 0) is 29.0 Å². The van der Waals surface area contributed by atoms with E-state index in [-0.39, 0.29) is 6.07 Å². The van der Waals surface area contributed by atoms with Crippen LogP contribution >= 0.6 is 11.3 Å². The Morgan fingerprint density at radius 3 is 2.50 bits per heavy atom. The van der Waals surface area contributed by atoms with Crippen LogP contribution in [0.15, 0.2) is 29.2 Å². The second kappa shape index (κ2) is 7.80. The SMILES string of the molecule is O=C(NNS(=O)(=O)c1ccc(F)c(C(F)(F)F)c1)c1cc2c(s1)CCCCC2. The fourth-order valence-electron chi connectivity index (χ4n) is 2.90. The standard InChI is InChI=1S/C17H16F4N2O3S2/c18-13-7-6-11(9-12(13)17(19,20)21)28(25,26)23-22-16(24)15-8-10-4-2-1-3-5-14(10)27-15/h6-9,23H,1-5H2,(H,22,24). The van der Waals surface area contributed by atoms with E-state index in [2.05, 4.69) is 0 Å². The third-order valence-corrected chi connectivity index (χ3v) is 6.80. The Labute approximate surface area is 162 Å². The molecule has 1 aromatic heterocycles. The number of rotatable bonds is 4. The van der Waals surface area contributed by atoms with Crippen LogP contribution in [0.3, 0.4) is 0 Å². The van der Waals surface area contributed by atoms with Gasteiger partial charge in [-0.15, -0.1) is 16.2 Å². The average molecular weight is 436 g/mol. The van der Waals surface area contributed by atoms with E-state index in [0.717, 1.165) is 42.5 Å². The first-order chi connectivity index (χ1) is 13.1. The molecule has 0 aliphatic heterocycles. The van der Waals surface area contributed by atoms with E-state index in [9.17, 15) is 30.8 Å². The van der Waals surface area contributed by atoms with Gasteiger partial charge in [-0.1, -0.05) is 6.42 Å². The molecule has 0 unspecified atom stereocenters. The van der Waals surface area contributed by atoms with Crippen molar-refractivity contribution in [2.75, 3.05) is 0 Å². The summed E-state index contributed by atoms with van der Waals surface area (Å²) in [6.45, 7) is 0. The lowest BCUT2D eigenvalue weighted by Crippen LogP contribution is -2.41. The van der Waals surface area contributed by atoms with Crippen LogP contribution in [0.2, 0.25) is 0 Å². The van der Waals surface area contributed by atoms with E-state index in [1.807, 2.05) is 5.43 Å². The molecule has 0 atom stereocenters. The topological polar surface area (TPSA) is 75.3 Å². The number of hydrogen-bond acceptors (Lipinski definition) is 4. The molecule has 1 heterocycles. The number of alkyl halides is 3. The number of halogens is 4. The van der Waals surface area contributed by atoms with Crippen molar-refractivity contribution < 1.29 is 30.8 Å². The average Bonchev–Trinajstić information content (AvgIpc) is 2.90. The van der Waals surface area contributed by atoms with Crippen LogP contribution in [0.25, 0.3) is 0 Å². The Hall–Kier alpha value is -1.98. The van der Waals surface area contributed by atoms with E-state index in [1.54, 1.807) is 10.9 Å². The summed E-state index contributed by atoms with van der Waals surface area (Å²) in [6, 6.07) is 2.98. The van der Waals surface area contributed by atoms with E-state index >= 15 is 0 Å². The highest BCUT2D eigenvalue weighted by Crippen LogP contribution is 2.33. The van der Waals surface area contributed by atoms with Gasteiger partial charge in [-0.2, -0.15) is 13.2 Å². The van der Waals surface area contributed by atoms with Gasteiger partial charge in [0.15, 0.2) is 0 Å². The van der Waals surface area contributed by atoms with Crippen molar-refractivity contribution in [2.45, 2.75) is 43.2 Å². The third-order valence-electron chi connectivity index (χ3n) is 4.32. The number of hydrazine groups is 1. The molecule has 0 saturated carbocycles. The smallest absolute Gasteiger partial charge is 0.273 e. The zero-order valence-corrected chi connectivity index (χ0v) is 16.0. The largest absolute Gasteiger partial charge is 0.419 e. The van der Waals surface area contributed by atoms with Crippen molar-refractivity contribution in [3.8, 4) is 0 Å². The normalized spacial score (nSPS) is 15.0. The van der Waals surface area contributed by atoms with Crippen molar-refractivity contribution in [3.05, 3.63) is 51.0 Å². The van der Waals surface area contributed by atoms with Gasteiger partial charge in [0.05, 0.1) is 15.3 Å². The molecule has 0 spiro atoms. The number of carbonyl (C=O) groups excluding carboxylic acids is 1. The van der Waals surface area contributed by atoms with Gasteiger partial charge in [-0.05, 0) is 55.5 Å². The first-order valence-corrected chi connectivity index (χ1v) is 10.7. The van der Waals surface area contributed by atoms with Crippen molar-refractivity contribution in [1.29, 1.82) is 0 Å². The molecule has 1 aromatic carbocycles. The maximum Gasteiger partial charge on any atom is 0.419 e. The monoisotopic (exact) mass is 436 g/mol. The minimum atomic E-state index is -5.05. The number of fused-ring (bicyclic) bond motifs is 1. The minimum Gasteiger partial charge on any atom is -0.273 e. The third kappa shape index (κ3) is 4.53. The number of nitrogens with one attached hydrogen (secondary N) is 2. The molecule has 28 heavy (non-hydrogen) atoms. The molecule has 3 rings (SSSR count). The Morgan fingerprint density at radius 1 is 1.07 bits per heavy atom. The number of thiophene rings is 1. The highest BCUT2D eigenvalue weighted by molar-refractivity contribution is 7.89. The molecular weight excluding hydrogens is 420 g/mol. The van der Waals surface area contributed by atoms with Crippen molar-refractivity contribution in [3.63, 3.8) is 0 Å². The van der Waals surface area contributed by atoms with E-state index in [1.165, 1.54) is 11.3 Å². The van der Waals surface area contributed by atoms with E-state index in [0.29, 0.717) is 17.0 Å². The quantitative estimate of drug-likeness (QED) is 0.435. The zero-order chi connectivity index (χ0) is 20.5. The van der Waals surface area contributed by atoms with Crippen LogP contribution in [0.4, 0.5) is 17.6 Å². The Kier molecular flexibility index (Phi) is 5.78. The summed E-state index contributed by atoms with van der Waals surface area (Å²) in [4.78, 5) is 14.6. The van der Waals surface area contributed by atoms with Gasteiger partial charge in [0.1, 0.15) is 5.82 Å². The van der Waals surface area contributed by atoms with Gasteiger partial charge in [-0.25, -0.2) is 12.8 Å². The Morgan fingerprint density at radius 2 is 1.79 bits per heavy atom. The molecule has 1 aliphatic rings. The number of sulfonamides is 1. The molecule has 0 saturated heterocycles. The van der Waals surface area contributed by atoms with Gasteiger partial charge in [-0.3, -0.25) is 10.2 Å². The molecular formula is C17H16F4N2O3S2. The Balaban J connectivity index is 1.74. The molecule has 0 radical (unpaired) electrons. The van der Waals surface area contributed by atoms with Crippen LogP contribution < -0.4 is 10.3 Å².